The van der Waals surface area contributed by atoms with E-state index in [-0.39, 0.29) is 17.9 Å². The van der Waals surface area contributed by atoms with Gasteiger partial charge in [-0.1, -0.05) is 31.9 Å². The monoisotopic (exact) mass is 276 g/mol. The van der Waals surface area contributed by atoms with Crippen LogP contribution in [0.3, 0.4) is 0 Å². The fourth-order valence-corrected chi connectivity index (χ4v) is 2.33. The van der Waals surface area contributed by atoms with Crippen molar-refractivity contribution in [1.29, 1.82) is 0 Å². The lowest BCUT2D eigenvalue weighted by Crippen LogP contribution is -2.51. The van der Waals surface area contributed by atoms with E-state index in [0.717, 1.165) is 43.7 Å². The van der Waals surface area contributed by atoms with Crippen LogP contribution in [0.4, 0.5) is 0 Å². The maximum Gasteiger partial charge on any atom is 0.226 e. The van der Waals surface area contributed by atoms with E-state index < -0.39 is 0 Å². The molecule has 1 fully saturated rings. The molecule has 1 amide bonds. The van der Waals surface area contributed by atoms with Gasteiger partial charge in [0.2, 0.25) is 5.91 Å². The molecule has 0 bridgehead atoms. The van der Waals surface area contributed by atoms with Gasteiger partial charge in [0.25, 0.3) is 0 Å². The van der Waals surface area contributed by atoms with Crippen LogP contribution in [0.2, 0.25) is 0 Å². The van der Waals surface area contributed by atoms with Gasteiger partial charge in [-0.3, -0.25) is 4.79 Å². The fourth-order valence-electron chi connectivity index (χ4n) is 2.33. The third-order valence-electron chi connectivity index (χ3n) is 3.83. The van der Waals surface area contributed by atoms with Crippen LogP contribution < -0.4 is 15.4 Å². The van der Waals surface area contributed by atoms with E-state index >= 15 is 0 Å². The lowest BCUT2D eigenvalue weighted by Gasteiger charge is -2.29. The van der Waals surface area contributed by atoms with Crippen molar-refractivity contribution in [3.63, 3.8) is 0 Å². The summed E-state index contributed by atoms with van der Waals surface area (Å²) in [6.07, 6.45) is 3.22. The normalized spacial score (nSPS) is 16.3. The number of unbranched alkanes of at least 4 members (excludes halogenated alkanes) is 1. The van der Waals surface area contributed by atoms with Gasteiger partial charge in [0.15, 0.2) is 0 Å². The lowest BCUT2D eigenvalue weighted by atomic mass is 9.98. The molecule has 0 aliphatic carbocycles. The Bertz CT molecular complexity index is 427. The maximum absolute atomic E-state index is 12.1. The molecule has 1 aromatic rings. The molecule has 4 nitrogen and oxygen atoms in total. The van der Waals surface area contributed by atoms with Crippen LogP contribution in [0.25, 0.3) is 0 Å². The number of ether oxygens (including phenoxy) is 1. The van der Waals surface area contributed by atoms with Gasteiger partial charge in [0.1, 0.15) is 5.75 Å². The molecule has 1 aliphatic heterocycles. The number of carbonyl (C=O) groups is 1. The van der Waals surface area contributed by atoms with E-state index in [0.29, 0.717) is 0 Å². The summed E-state index contributed by atoms with van der Waals surface area (Å²) in [4.78, 5) is 12.1. The molecule has 2 rings (SSSR count). The van der Waals surface area contributed by atoms with Gasteiger partial charge >= 0.3 is 0 Å². The molecular weight excluding hydrogens is 252 g/mol. The molecule has 1 unspecified atom stereocenters. The first kappa shape index (κ1) is 14.9. The van der Waals surface area contributed by atoms with E-state index in [9.17, 15) is 4.79 Å². The molecule has 110 valence electrons. The molecule has 0 saturated carbocycles. The Kier molecular flexibility index (Phi) is 5.41. The minimum Gasteiger partial charge on any atom is -0.497 e. The number of amides is 1. The Hall–Kier alpha value is -1.55. The first-order valence-corrected chi connectivity index (χ1v) is 7.39. The minimum atomic E-state index is 0.106. The summed E-state index contributed by atoms with van der Waals surface area (Å²) >= 11 is 0. The van der Waals surface area contributed by atoms with Crippen LogP contribution in [-0.4, -0.2) is 26.1 Å². The SMILES string of the molecule is CCCCC(NC(=O)C1CNC1)c1ccc(OC)cc1. The molecule has 1 aromatic carbocycles. The summed E-state index contributed by atoms with van der Waals surface area (Å²) in [6.45, 7) is 3.77. The van der Waals surface area contributed by atoms with Crippen LogP contribution in [0.1, 0.15) is 37.8 Å². The molecule has 4 heteroatoms. The van der Waals surface area contributed by atoms with Gasteiger partial charge in [-0.25, -0.2) is 0 Å². The Balaban J connectivity index is 2.02. The van der Waals surface area contributed by atoms with Gasteiger partial charge in [-0.2, -0.15) is 0 Å². The van der Waals surface area contributed by atoms with E-state index in [2.05, 4.69) is 17.6 Å². The quantitative estimate of drug-likeness (QED) is 0.803. The number of benzene rings is 1. The standard InChI is InChI=1S/C16H24N2O2/c1-3-4-5-15(18-16(19)13-10-17-11-13)12-6-8-14(20-2)9-7-12/h6-9,13,15,17H,3-5,10-11H2,1-2H3,(H,18,19). The highest BCUT2D eigenvalue weighted by molar-refractivity contribution is 5.80. The van der Waals surface area contributed by atoms with Gasteiger partial charge < -0.3 is 15.4 Å². The Morgan fingerprint density at radius 3 is 2.60 bits per heavy atom. The van der Waals surface area contributed by atoms with Crippen molar-refractivity contribution in [1.82, 2.24) is 10.6 Å². The summed E-state index contributed by atoms with van der Waals surface area (Å²) in [5.74, 6) is 1.15. The van der Waals surface area contributed by atoms with Crippen molar-refractivity contribution in [3.05, 3.63) is 29.8 Å². The molecule has 20 heavy (non-hydrogen) atoms. The van der Waals surface area contributed by atoms with Crippen molar-refractivity contribution in [3.8, 4) is 5.75 Å². The zero-order valence-electron chi connectivity index (χ0n) is 12.3. The summed E-state index contributed by atoms with van der Waals surface area (Å²) in [7, 11) is 1.66. The number of carbonyl (C=O) groups excluding carboxylic acids is 1. The largest absolute Gasteiger partial charge is 0.497 e. The molecule has 0 radical (unpaired) electrons. The van der Waals surface area contributed by atoms with Crippen molar-refractivity contribution >= 4 is 5.91 Å². The molecule has 0 spiro atoms. The summed E-state index contributed by atoms with van der Waals surface area (Å²) in [5.41, 5.74) is 1.15. The molecule has 1 saturated heterocycles. The second-order valence-electron chi connectivity index (χ2n) is 5.33. The second-order valence-corrected chi connectivity index (χ2v) is 5.33. The van der Waals surface area contributed by atoms with Crippen LogP contribution in [0.15, 0.2) is 24.3 Å². The summed E-state index contributed by atoms with van der Waals surface area (Å²) in [6, 6.07) is 8.09. The molecule has 1 aliphatic rings. The minimum absolute atomic E-state index is 0.106. The zero-order valence-corrected chi connectivity index (χ0v) is 12.3. The summed E-state index contributed by atoms with van der Waals surface area (Å²) < 4.78 is 5.18. The van der Waals surface area contributed by atoms with E-state index in [1.165, 1.54) is 0 Å². The highest BCUT2D eigenvalue weighted by Crippen LogP contribution is 2.23. The van der Waals surface area contributed by atoms with Gasteiger partial charge in [0.05, 0.1) is 19.1 Å². The first-order chi connectivity index (χ1) is 9.74. The highest BCUT2D eigenvalue weighted by atomic mass is 16.5. The number of rotatable bonds is 7. The molecule has 0 aromatic heterocycles. The van der Waals surface area contributed by atoms with Gasteiger partial charge in [-0.15, -0.1) is 0 Å². The van der Waals surface area contributed by atoms with Crippen LogP contribution in [0.5, 0.6) is 5.75 Å². The molecule has 1 heterocycles. The van der Waals surface area contributed by atoms with Crippen molar-refractivity contribution < 1.29 is 9.53 Å². The highest BCUT2D eigenvalue weighted by Gasteiger charge is 2.26. The summed E-state index contributed by atoms with van der Waals surface area (Å²) in [5, 5.41) is 6.32. The Morgan fingerprint density at radius 1 is 1.40 bits per heavy atom. The lowest BCUT2D eigenvalue weighted by molar-refractivity contribution is -0.127. The van der Waals surface area contributed by atoms with Gasteiger partial charge in [-0.05, 0) is 24.1 Å². The third-order valence-corrected chi connectivity index (χ3v) is 3.83. The Morgan fingerprint density at radius 2 is 2.10 bits per heavy atom. The van der Waals surface area contributed by atoms with Gasteiger partial charge in [0, 0.05) is 13.1 Å². The number of hydrogen-bond acceptors (Lipinski definition) is 3. The predicted molar refractivity (Wildman–Crippen MR) is 79.8 cm³/mol. The first-order valence-electron chi connectivity index (χ1n) is 7.39. The predicted octanol–water partition coefficient (Wildman–Crippen LogP) is 2.26. The van der Waals surface area contributed by atoms with Crippen molar-refractivity contribution in [2.24, 2.45) is 5.92 Å². The number of nitrogens with one attached hydrogen (secondary N) is 2. The maximum atomic E-state index is 12.1. The zero-order chi connectivity index (χ0) is 14.4. The van der Waals surface area contributed by atoms with Crippen molar-refractivity contribution in [2.45, 2.75) is 32.2 Å². The number of hydrogen-bond donors (Lipinski definition) is 2. The Labute approximate surface area is 120 Å². The molecular formula is C16H24N2O2. The average molecular weight is 276 g/mol. The van der Waals surface area contributed by atoms with E-state index in [1.54, 1.807) is 7.11 Å². The smallest absolute Gasteiger partial charge is 0.226 e. The number of methoxy groups -OCH3 is 1. The van der Waals surface area contributed by atoms with Crippen LogP contribution in [0, 0.1) is 5.92 Å². The molecule has 1 atom stereocenters. The second kappa shape index (κ2) is 7.29. The van der Waals surface area contributed by atoms with Crippen molar-refractivity contribution in [2.75, 3.05) is 20.2 Å². The molecule has 2 N–H and O–H groups in total. The van der Waals surface area contributed by atoms with E-state index in [1.807, 2.05) is 24.3 Å². The average Bonchev–Trinajstić information content (AvgIpc) is 2.41. The van der Waals surface area contributed by atoms with E-state index in [4.69, 9.17) is 4.74 Å². The topological polar surface area (TPSA) is 50.4 Å². The van der Waals surface area contributed by atoms with Crippen LogP contribution >= 0.6 is 0 Å². The van der Waals surface area contributed by atoms with Crippen LogP contribution in [-0.2, 0) is 4.79 Å². The third kappa shape index (κ3) is 3.73. The fraction of sp³-hybridized carbons (Fsp3) is 0.562.